The lowest BCUT2D eigenvalue weighted by Gasteiger charge is -2.35. The molecular formula is C21H22Cl2N2O. The molecule has 2 aromatic carbocycles. The molecule has 2 unspecified atom stereocenters. The van der Waals surface area contributed by atoms with Gasteiger partial charge in [-0.2, -0.15) is 0 Å². The van der Waals surface area contributed by atoms with Gasteiger partial charge in [-0.15, -0.1) is 0 Å². The second-order valence-corrected chi connectivity index (χ2v) is 8.05. The van der Waals surface area contributed by atoms with Crippen molar-refractivity contribution < 1.29 is 4.79 Å². The van der Waals surface area contributed by atoms with Crippen molar-refractivity contribution in [2.24, 2.45) is 5.92 Å². The Morgan fingerprint density at radius 3 is 2.50 bits per heavy atom. The molecule has 1 aliphatic heterocycles. The van der Waals surface area contributed by atoms with E-state index in [-0.39, 0.29) is 11.8 Å². The summed E-state index contributed by atoms with van der Waals surface area (Å²) in [6, 6.07) is 15.9. The van der Waals surface area contributed by atoms with Crippen molar-refractivity contribution in [1.29, 1.82) is 0 Å². The van der Waals surface area contributed by atoms with E-state index in [1.54, 1.807) is 0 Å². The molecule has 1 saturated heterocycles. The first-order valence-electron chi connectivity index (χ1n) is 9.12. The molecular weight excluding hydrogens is 367 g/mol. The van der Waals surface area contributed by atoms with Gasteiger partial charge in [0.15, 0.2) is 0 Å². The van der Waals surface area contributed by atoms with Crippen molar-refractivity contribution >= 4 is 29.1 Å². The zero-order valence-electron chi connectivity index (χ0n) is 14.6. The molecule has 136 valence electrons. The number of halogens is 2. The summed E-state index contributed by atoms with van der Waals surface area (Å²) in [5.74, 6) is 0.687. The first kappa shape index (κ1) is 17.8. The molecule has 2 fully saturated rings. The van der Waals surface area contributed by atoms with Gasteiger partial charge >= 0.3 is 0 Å². The van der Waals surface area contributed by atoms with Crippen LogP contribution in [0.2, 0.25) is 10.0 Å². The lowest BCUT2D eigenvalue weighted by atomic mass is 10.1. The maximum atomic E-state index is 12.8. The minimum atomic E-state index is 0.106. The van der Waals surface area contributed by atoms with Crippen LogP contribution < -0.4 is 0 Å². The van der Waals surface area contributed by atoms with Crippen molar-refractivity contribution in [2.75, 3.05) is 26.2 Å². The molecule has 1 aliphatic carbocycles. The molecule has 2 aliphatic rings. The predicted octanol–water partition coefficient (Wildman–Crippen LogP) is 4.44. The van der Waals surface area contributed by atoms with E-state index in [0.29, 0.717) is 5.92 Å². The van der Waals surface area contributed by atoms with Crippen LogP contribution in [-0.2, 0) is 11.3 Å². The third-order valence-corrected chi connectivity index (χ3v) is 5.97. The van der Waals surface area contributed by atoms with Crippen LogP contribution in [0.25, 0.3) is 0 Å². The summed E-state index contributed by atoms with van der Waals surface area (Å²) < 4.78 is 0. The normalized spacial score (nSPS) is 23.1. The van der Waals surface area contributed by atoms with Gasteiger partial charge in [0.05, 0.1) is 0 Å². The quantitative estimate of drug-likeness (QED) is 0.772. The highest BCUT2D eigenvalue weighted by molar-refractivity contribution is 6.31. The van der Waals surface area contributed by atoms with E-state index in [0.717, 1.165) is 54.8 Å². The van der Waals surface area contributed by atoms with Gasteiger partial charge in [0.2, 0.25) is 5.91 Å². The summed E-state index contributed by atoms with van der Waals surface area (Å²) in [7, 11) is 0. The third kappa shape index (κ3) is 3.90. The van der Waals surface area contributed by atoms with Gasteiger partial charge in [0.25, 0.3) is 0 Å². The van der Waals surface area contributed by atoms with Gasteiger partial charge in [-0.25, -0.2) is 0 Å². The Kier molecular flexibility index (Phi) is 5.21. The van der Waals surface area contributed by atoms with Gasteiger partial charge in [-0.1, -0.05) is 53.5 Å². The third-order valence-electron chi connectivity index (χ3n) is 5.39. The van der Waals surface area contributed by atoms with Crippen molar-refractivity contribution in [3.05, 3.63) is 69.7 Å². The Morgan fingerprint density at radius 1 is 1.00 bits per heavy atom. The Labute approximate surface area is 164 Å². The number of hydrogen-bond acceptors (Lipinski definition) is 2. The summed E-state index contributed by atoms with van der Waals surface area (Å²) in [5.41, 5.74) is 2.34. The fraction of sp³-hybridized carbons (Fsp3) is 0.381. The van der Waals surface area contributed by atoms with E-state index in [9.17, 15) is 4.79 Å². The highest BCUT2D eigenvalue weighted by Gasteiger charge is 2.46. The van der Waals surface area contributed by atoms with Crippen LogP contribution in [0.3, 0.4) is 0 Å². The number of piperazine rings is 1. The average molecular weight is 389 g/mol. The van der Waals surface area contributed by atoms with E-state index < -0.39 is 0 Å². The highest BCUT2D eigenvalue weighted by atomic mass is 35.5. The standard InChI is InChI=1S/C21H22Cl2N2O/c22-16-5-3-4-15(12-16)14-24-8-10-25(11-9-24)21(26)19-13-18(19)17-6-1-2-7-20(17)23/h1-7,12,18-19H,8-11,13-14H2. The van der Waals surface area contributed by atoms with Crippen LogP contribution in [0.5, 0.6) is 0 Å². The number of benzene rings is 2. The molecule has 0 radical (unpaired) electrons. The SMILES string of the molecule is O=C(C1CC1c1ccccc1Cl)N1CCN(Cc2cccc(Cl)c2)CC1. The molecule has 0 spiro atoms. The molecule has 0 bridgehead atoms. The first-order valence-corrected chi connectivity index (χ1v) is 9.87. The molecule has 0 N–H and O–H groups in total. The van der Waals surface area contributed by atoms with Crippen LogP contribution in [-0.4, -0.2) is 41.9 Å². The zero-order chi connectivity index (χ0) is 18.1. The number of hydrogen-bond donors (Lipinski definition) is 0. The first-order chi connectivity index (χ1) is 12.6. The van der Waals surface area contributed by atoms with E-state index in [1.807, 2.05) is 47.4 Å². The maximum absolute atomic E-state index is 12.8. The monoisotopic (exact) mass is 388 g/mol. The second kappa shape index (κ2) is 7.59. The van der Waals surface area contributed by atoms with E-state index in [4.69, 9.17) is 23.2 Å². The molecule has 2 atom stereocenters. The fourth-order valence-electron chi connectivity index (χ4n) is 3.84. The number of rotatable bonds is 4. The summed E-state index contributed by atoms with van der Waals surface area (Å²) in [6.07, 6.45) is 0.922. The number of carbonyl (C=O) groups excluding carboxylic acids is 1. The fourth-order valence-corrected chi connectivity index (χ4v) is 4.33. The van der Waals surface area contributed by atoms with Crippen LogP contribution in [0.4, 0.5) is 0 Å². The van der Waals surface area contributed by atoms with Gasteiger partial charge in [0.1, 0.15) is 0 Å². The molecule has 4 rings (SSSR count). The van der Waals surface area contributed by atoms with Crippen LogP contribution in [0.1, 0.15) is 23.5 Å². The van der Waals surface area contributed by atoms with E-state index in [2.05, 4.69) is 11.0 Å². The maximum Gasteiger partial charge on any atom is 0.226 e. The Balaban J connectivity index is 1.30. The molecule has 1 saturated carbocycles. The predicted molar refractivity (Wildman–Crippen MR) is 106 cm³/mol. The van der Waals surface area contributed by atoms with Crippen LogP contribution in [0, 0.1) is 5.92 Å². The van der Waals surface area contributed by atoms with Gasteiger partial charge < -0.3 is 4.90 Å². The Hall–Kier alpha value is -1.55. The van der Waals surface area contributed by atoms with Gasteiger partial charge in [0, 0.05) is 48.7 Å². The second-order valence-electron chi connectivity index (χ2n) is 7.20. The average Bonchev–Trinajstić information content (AvgIpc) is 3.43. The topological polar surface area (TPSA) is 23.6 Å². The summed E-state index contributed by atoms with van der Waals surface area (Å²) in [4.78, 5) is 17.2. The van der Waals surface area contributed by atoms with Gasteiger partial charge in [-0.05, 0) is 41.7 Å². The largest absolute Gasteiger partial charge is 0.340 e. The molecule has 26 heavy (non-hydrogen) atoms. The van der Waals surface area contributed by atoms with E-state index >= 15 is 0 Å². The molecule has 2 aromatic rings. The summed E-state index contributed by atoms with van der Waals surface area (Å²) in [5, 5.41) is 1.55. The lowest BCUT2D eigenvalue weighted by molar-refractivity contribution is -0.134. The molecule has 5 heteroatoms. The number of carbonyl (C=O) groups is 1. The molecule has 1 heterocycles. The molecule has 3 nitrogen and oxygen atoms in total. The minimum Gasteiger partial charge on any atom is -0.340 e. The van der Waals surface area contributed by atoms with Crippen molar-refractivity contribution in [3.8, 4) is 0 Å². The highest BCUT2D eigenvalue weighted by Crippen LogP contribution is 2.50. The van der Waals surface area contributed by atoms with E-state index in [1.165, 1.54) is 5.56 Å². The Morgan fingerprint density at radius 2 is 1.77 bits per heavy atom. The minimum absolute atomic E-state index is 0.106. The molecule has 1 amide bonds. The number of nitrogens with zero attached hydrogens (tertiary/aromatic N) is 2. The number of amides is 1. The zero-order valence-corrected chi connectivity index (χ0v) is 16.1. The lowest BCUT2D eigenvalue weighted by Crippen LogP contribution is -2.48. The van der Waals surface area contributed by atoms with Crippen molar-refractivity contribution in [1.82, 2.24) is 9.80 Å². The van der Waals surface area contributed by atoms with Crippen LogP contribution >= 0.6 is 23.2 Å². The molecule has 0 aromatic heterocycles. The van der Waals surface area contributed by atoms with Crippen molar-refractivity contribution in [2.45, 2.75) is 18.9 Å². The van der Waals surface area contributed by atoms with Gasteiger partial charge in [-0.3, -0.25) is 9.69 Å². The van der Waals surface area contributed by atoms with Crippen molar-refractivity contribution in [3.63, 3.8) is 0 Å². The van der Waals surface area contributed by atoms with Crippen LogP contribution in [0.15, 0.2) is 48.5 Å². The Bertz CT molecular complexity index is 802. The smallest absolute Gasteiger partial charge is 0.226 e. The summed E-state index contributed by atoms with van der Waals surface area (Å²) in [6.45, 7) is 4.29. The summed E-state index contributed by atoms with van der Waals surface area (Å²) >= 11 is 12.3.